The van der Waals surface area contributed by atoms with E-state index in [1.54, 1.807) is 0 Å². The molecule has 0 saturated carbocycles. The van der Waals surface area contributed by atoms with Gasteiger partial charge in [-0.1, -0.05) is 36.4 Å². The number of nitrogens with one attached hydrogen (secondary N) is 2. The number of carbonyl (C=O) groups excluding carboxylic acids is 3. The molecule has 1 atom stereocenters. The van der Waals surface area contributed by atoms with Crippen molar-refractivity contribution in [1.29, 1.82) is 0 Å². The monoisotopic (exact) mass is 431 g/mol. The average Bonchev–Trinajstić information content (AvgIpc) is 2.97. The predicted molar refractivity (Wildman–Crippen MR) is 105 cm³/mol. The van der Waals surface area contributed by atoms with Crippen LogP contribution in [0, 0.1) is 0 Å². The number of alkyl halides is 3. The van der Waals surface area contributed by atoms with Gasteiger partial charge in [0.15, 0.2) is 0 Å². The van der Waals surface area contributed by atoms with E-state index in [-0.39, 0.29) is 6.54 Å². The van der Waals surface area contributed by atoms with Gasteiger partial charge in [0.1, 0.15) is 12.1 Å². The molecule has 1 unspecified atom stereocenters. The van der Waals surface area contributed by atoms with Gasteiger partial charge in [-0.2, -0.15) is 13.2 Å². The van der Waals surface area contributed by atoms with Crippen molar-refractivity contribution in [2.45, 2.75) is 37.5 Å². The molecule has 2 N–H and O–H groups in total. The van der Waals surface area contributed by atoms with E-state index in [1.807, 2.05) is 24.3 Å². The van der Waals surface area contributed by atoms with Crippen molar-refractivity contribution in [2.75, 3.05) is 6.54 Å². The molecule has 1 saturated heterocycles. The predicted octanol–water partition coefficient (Wildman–Crippen LogP) is 3.11. The number of nitrogens with zero attached hydrogens (tertiary/aromatic N) is 1. The Bertz CT molecular complexity index is 1040. The normalized spacial score (nSPS) is 20.5. The molecule has 0 radical (unpaired) electrons. The quantitative estimate of drug-likeness (QED) is 0.731. The zero-order valence-corrected chi connectivity index (χ0v) is 16.5. The maximum atomic E-state index is 13.2. The number of imide groups is 1. The Kier molecular flexibility index (Phi) is 5.20. The average molecular weight is 431 g/mol. The topological polar surface area (TPSA) is 78.5 Å². The maximum absolute atomic E-state index is 13.2. The molecule has 1 aliphatic carbocycles. The Morgan fingerprint density at radius 3 is 2.52 bits per heavy atom. The second-order valence-electron chi connectivity index (χ2n) is 7.71. The second kappa shape index (κ2) is 7.72. The van der Waals surface area contributed by atoms with Gasteiger partial charge in [0, 0.05) is 6.54 Å². The number of halogens is 3. The molecular formula is C22H20F3N3O3. The zero-order valence-electron chi connectivity index (χ0n) is 16.5. The highest BCUT2D eigenvalue weighted by Crippen LogP contribution is 2.39. The minimum atomic E-state index is -4.43. The van der Waals surface area contributed by atoms with E-state index >= 15 is 0 Å². The minimum Gasteiger partial charge on any atom is -0.350 e. The summed E-state index contributed by atoms with van der Waals surface area (Å²) in [6.45, 7) is -0.482. The lowest BCUT2D eigenvalue weighted by Crippen LogP contribution is -2.47. The third kappa shape index (κ3) is 3.87. The van der Waals surface area contributed by atoms with Crippen LogP contribution < -0.4 is 10.6 Å². The Balaban J connectivity index is 1.41. The molecule has 1 spiro atoms. The molecule has 0 bridgehead atoms. The zero-order chi connectivity index (χ0) is 22.2. The van der Waals surface area contributed by atoms with E-state index in [4.69, 9.17) is 0 Å². The number of aryl methyl sites for hydroxylation is 1. The lowest BCUT2D eigenvalue weighted by Gasteiger charge is -2.33. The number of rotatable bonds is 4. The maximum Gasteiger partial charge on any atom is 0.416 e. The molecule has 2 aliphatic rings. The van der Waals surface area contributed by atoms with Crippen LogP contribution in [0.25, 0.3) is 0 Å². The largest absolute Gasteiger partial charge is 0.416 e. The molecule has 2 aromatic carbocycles. The summed E-state index contributed by atoms with van der Waals surface area (Å²) in [5.41, 5.74) is 0.291. The molecule has 162 valence electrons. The summed E-state index contributed by atoms with van der Waals surface area (Å²) in [4.78, 5) is 38.9. The third-order valence-corrected chi connectivity index (χ3v) is 5.72. The lowest BCUT2D eigenvalue weighted by atomic mass is 9.76. The van der Waals surface area contributed by atoms with Crippen LogP contribution in [0.1, 0.15) is 35.1 Å². The number of benzene rings is 2. The first-order chi connectivity index (χ1) is 14.7. The molecule has 9 heteroatoms. The highest BCUT2D eigenvalue weighted by atomic mass is 19.4. The minimum absolute atomic E-state index is 0.0192. The summed E-state index contributed by atoms with van der Waals surface area (Å²) in [7, 11) is 0. The number of carbonyl (C=O) groups is 3. The van der Waals surface area contributed by atoms with Crippen molar-refractivity contribution in [3.63, 3.8) is 0 Å². The number of hydrogen-bond donors (Lipinski definition) is 2. The van der Waals surface area contributed by atoms with Gasteiger partial charge >= 0.3 is 12.2 Å². The van der Waals surface area contributed by atoms with Gasteiger partial charge in [-0.3, -0.25) is 14.5 Å². The van der Waals surface area contributed by atoms with Gasteiger partial charge in [-0.25, -0.2) is 4.79 Å². The molecule has 0 aromatic heterocycles. The molecule has 1 heterocycles. The van der Waals surface area contributed by atoms with E-state index in [2.05, 4.69) is 10.6 Å². The van der Waals surface area contributed by atoms with Crippen LogP contribution in [-0.4, -0.2) is 29.3 Å². The number of amides is 4. The van der Waals surface area contributed by atoms with Crippen LogP contribution >= 0.6 is 0 Å². The van der Waals surface area contributed by atoms with Crippen LogP contribution in [-0.2, 0) is 34.3 Å². The molecule has 6 nitrogen and oxygen atoms in total. The van der Waals surface area contributed by atoms with Gasteiger partial charge in [-0.15, -0.1) is 0 Å². The van der Waals surface area contributed by atoms with E-state index < -0.39 is 41.7 Å². The molecule has 4 rings (SSSR count). The summed E-state index contributed by atoms with van der Waals surface area (Å²) < 4.78 is 37.9. The summed E-state index contributed by atoms with van der Waals surface area (Å²) >= 11 is 0. The number of hydrogen-bond acceptors (Lipinski definition) is 3. The first-order valence-electron chi connectivity index (χ1n) is 9.86. The summed E-state index contributed by atoms with van der Waals surface area (Å²) in [5, 5.41) is 5.32. The Hall–Kier alpha value is -3.36. The van der Waals surface area contributed by atoms with Crippen molar-refractivity contribution >= 4 is 17.8 Å². The van der Waals surface area contributed by atoms with E-state index in [9.17, 15) is 27.6 Å². The molecule has 1 fully saturated rings. The van der Waals surface area contributed by atoms with Crippen LogP contribution in [0.15, 0.2) is 48.5 Å². The van der Waals surface area contributed by atoms with E-state index in [0.717, 1.165) is 41.0 Å². The highest BCUT2D eigenvalue weighted by Gasteiger charge is 2.54. The van der Waals surface area contributed by atoms with E-state index in [0.29, 0.717) is 12.0 Å². The van der Waals surface area contributed by atoms with Crippen molar-refractivity contribution in [3.05, 3.63) is 70.8 Å². The molecule has 2 aromatic rings. The lowest BCUT2D eigenvalue weighted by molar-refractivity contribution is -0.137. The summed E-state index contributed by atoms with van der Waals surface area (Å²) in [5.74, 6) is -1.04. The van der Waals surface area contributed by atoms with Gasteiger partial charge in [0.05, 0.1) is 5.56 Å². The van der Waals surface area contributed by atoms with Gasteiger partial charge in [0.25, 0.3) is 5.91 Å². The highest BCUT2D eigenvalue weighted by molar-refractivity contribution is 6.09. The first-order valence-corrected chi connectivity index (χ1v) is 9.86. The number of urea groups is 1. The molecule has 31 heavy (non-hydrogen) atoms. The fraction of sp³-hybridized carbons (Fsp3) is 0.318. The van der Waals surface area contributed by atoms with E-state index in [1.165, 1.54) is 12.1 Å². The molecule has 4 amide bonds. The SMILES string of the molecule is O=C(CN1C(=O)NC2(CCCc3ccccc32)C1=O)NCc1ccc(C(F)(F)F)cc1. The van der Waals surface area contributed by atoms with Gasteiger partial charge < -0.3 is 10.6 Å². The Morgan fingerprint density at radius 1 is 1.10 bits per heavy atom. The fourth-order valence-corrected chi connectivity index (χ4v) is 4.17. The standard InChI is InChI=1S/C22H20F3N3O3/c23-22(24,25)16-9-7-14(8-10-16)12-26-18(29)13-28-19(30)21(27-20(28)31)11-3-5-15-4-1-2-6-17(15)21/h1-2,4,6-10H,3,5,11-13H2,(H,26,29)(H,27,31). The third-order valence-electron chi connectivity index (χ3n) is 5.72. The smallest absolute Gasteiger partial charge is 0.350 e. The Labute approximate surface area is 176 Å². The van der Waals surface area contributed by atoms with Crippen molar-refractivity contribution in [2.24, 2.45) is 0 Å². The number of fused-ring (bicyclic) bond motifs is 2. The summed E-state index contributed by atoms with van der Waals surface area (Å²) in [6.07, 6.45) is -2.43. The van der Waals surface area contributed by atoms with Crippen LogP contribution in [0.4, 0.5) is 18.0 Å². The van der Waals surface area contributed by atoms with Crippen molar-refractivity contribution in [3.8, 4) is 0 Å². The fourth-order valence-electron chi connectivity index (χ4n) is 4.17. The van der Waals surface area contributed by atoms with Gasteiger partial charge in [-0.05, 0) is 48.1 Å². The summed E-state index contributed by atoms with van der Waals surface area (Å²) in [6, 6.07) is 11.2. The Morgan fingerprint density at radius 2 is 1.81 bits per heavy atom. The first kappa shape index (κ1) is 20.9. The second-order valence-corrected chi connectivity index (χ2v) is 7.71. The van der Waals surface area contributed by atoms with Crippen LogP contribution in [0.3, 0.4) is 0 Å². The molecule has 1 aliphatic heterocycles. The molecular weight excluding hydrogens is 411 g/mol. The van der Waals surface area contributed by atoms with Crippen LogP contribution in [0.2, 0.25) is 0 Å². The van der Waals surface area contributed by atoms with Crippen molar-refractivity contribution < 1.29 is 27.6 Å². The van der Waals surface area contributed by atoms with Crippen molar-refractivity contribution in [1.82, 2.24) is 15.5 Å². The van der Waals surface area contributed by atoms with Crippen LogP contribution in [0.5, 0.6) is 0 Å². The van der Waals surface area contributed by atoms with Gasteiger partial charge in [0.2, 0.25) is 5.91 Å².